The van der Waals surface area contributed by atoms with Crippen molar-refractivity contribution in [1.82, 2.24) is 15.5 Å². The summed E-state index contributed by atoms with van der Waals surface area (Å²) in [6.07, 6.45) is 0.932. The first-order chi connectivity index (χ1) is 7.74. The van der Waals surface area contributed by atoms with Crippen molar-refractivity contribution in [1.29, 1.82) is 0 Å². The highest BCUT2D eigenvalue weighted by molar-refractivity contribution is 7.15. The smallest absolute Gasteiger partial charge is 0.257 e. The lowest BCUT2D eigenvalue weighted by Gasteiger charge is -2.06. The Kier molecular flexibility index (Phi) is 3.36. The van der Waals surface area contributed by atoms with Crippen LogP contribution in [0.4, 0.5) is 0 Å². The number of thiophene rings is 1. The molecule has 86 valence electrons. The summed E-state index contributed by atoms with van der Waals surface area (Å²) in [5.41, 5.74) is 0. The summed E-state index contributed by atoms with van der Waals surface area (Å²) in [5.74, 6) is 1.27. The van der Waals surface area contributed by atoms with Crippen molar-refractivity contribution in [3.05, 3.63) is 22.9 Å². The zero-order valence-corrected chi connectivity index (χ0v) is 10.5. The quantitative estimate of drug-likeness (QED) is 0.888. The molecule has 2 aromatic rings. The van der Waals surface area contributed by atoms with E-state index in [1.54, 1.807) is 11.3 Å². The number of hydrogen-bond donors (Lipinski definition) is 1. The number of rotatable bonds is 4. The normalized spacial score (nSPS) is 12.9. The Bertz CT molecular complexity index is 459. The Morgan fingerprint density at radius 2 is 2.25 bits per heavy atom. The Morgan fingerprint density at radius 3 is 2.81 bits per heavy atom. The third-order valence-corrected chi connectivity index (χ3v) is 3.44. The van der Waals surface area contributed by atoms with Gasteiger partial charge in [-0.25, -0.2) is 0 Å². The second-order valence-electron chi connectivity index (χ2n) is 3.61. The van der Waals surface area contributed by atoms with Crippen molar-refractivity contribution in [3.63, 3.8) is 0 Å². The summed E-state index contributed by atoms with van der Waals surface area (Å²) >= 11 is 1.66. The third kappa shape index (κ3) is 2.15. The van der Waals surface area contributed by atoms with Gasteiger partial charge in [-0.2, -0.15) is 0 Å². The van der Waals surface area contributed by atoms with E-state index in [0.717, 1.165) is 11.3 Å². The van der Waals surface area contributed by atoms with E-state index >= 15 is 0 Å². The molecule has 0 aliphatic heterocycles. The van der Waals surface area contributed by atoms with E-state index in [4.69, 9.17) is 4.42 Å². The lowest BCUT2D eigenvalue weighted by molar-refractivity contribution is 0.415. The molecule has 0 spiro atoms. The van der Waals surface area contributed by atoms with Gasteiger partial charge in [-0.3, -0.25) is 0 Å². The third-order valence-electron chi connectivity index (χ3n) is 2.45. The maximum Gasteiger partial charge on any atom is 0.257 e. The summed E-state index contributed by atoms with van der Waals surface area (Å²) in [7, 11) is 1.90. The predicted molar refractivity (Wildman–Crippen MR) is 64.4 cm³/mol. The first-order valence-corrected chi connectivity index (χ1v) is 6.13. The van der Waals surface area contributed by atoms with Crippen LogP contribution in [0.15, 0.2) is 16.5 Å². The van der Waals surface area contributed by atoms with E-state index in [-0.39, 0.29) is 6.04 Å². The van der Waals surface area contributed by atoms with E-state index < -0.39 is 0 Å². The Hall–Kier alpha value is -1.20. The van der Waals surface area contributed by atoms with Crippen LogP contribution < -0.4 is 5.32 Å². The number of nitrogens with zero attached hydrogens (tertiary/aromatic N) is 2. The van der Waals surface area contributed by atoms with Crippen LogP contribution in [0.5, 0.6) is 0 Å². The molecule has 0 bridgehead atoms. The van der Waals surface area contributed by atoms with Gasteiger partial charge in [0.05, 0.1) is 10.9 Å². The van der Waals surface area contributed by atoms with Crippen LogP contribution in [-0.2, 0) is 0 Å². The molecule has 5 heteroatoms. The van der Waals surface area contributed by atoms with E-state index in [1.165, 1.54) is 4.88 Å². The maximum absolute atomic E-state index is 5.65. The summed E-state index contributed by atoms with van der Waals surface area (Å²) in [6.45, 7) is 4.15. The number of hydrogen-bond acceptors (Lipinski definition) is 5. The van der Waals surface area contributed by atoms with Gasteiger partial charge < -0.3 is 9.73 Å². The molecule has 0 aliphatic rings. The molecule has 0 saturated heterocycles. The molecular weight excluding hydrogens is 222 g/mol. The molecule has 4 nitrogen and oxygen atoms in total. The van der Waals surface area contributed by atoms with Gasteiger partial charge in [0.25, 0.3) is 5.89 Å². The van der Waals surface area contributed by atoms with E-state index in [1.807, 2.05) is 13.1 Å². The average Bonchev–Trinajstić information content (AvgIpc) is 2.89. The second-order valence-corrected chi connectivity index (χ2v) is 4.89. The monoisotopic (exact) mass is 237 g/mol. The van der Waals surface area contributed by atoms with Crippen molar-refractivity contribution >= 4 is 11.3 Å². The van der Waals surface area contributed by atoms with Crippen LogP contribution in [0, 0.1) is 6.92 Å². The Morgan fingerprint density at radius 1 is 1.44 bits per heavy atom. The van der Waals surface area contributed by atoms with Crippen LogP contribution in [0.25, 0.3) is 10.8 Å². The topological polar surface area (TPSA) is 51.0 Å². The highest BCUT2D eigenvalue weighted by Gasteiger charge is 2.16. The van der Waals surface area contributed by atoms with Gasteiger partial charge in [0.15, 0.2) is 0 Å². The molecule has 0 saturated carbocycles. The number of nitrogens with one attached hydrogen (secondary N) is 1. The minimum atomic E-state index is 0.141. The SMILES string of the molecule is CCC(NC)c1nnc(-c2ccc(C)s2)o1. The molecule has 0 aliphatic carbocycles. The van der Waals surface area contributed by atoms with Crippen LogP contribution in [0.1, 0.15) is 30.2 Å². The summed E-state index contributed by atoms with van der Waals surface area (Å²) in [4.78, 5) is 2.28. The second kappa shape index (κ2) is 4.76. The van der Waals surface area contributed by atoms with Gasteiger partial charge in [0.2, 0.25) is 5.89 Å². The van der Waals surface area contributed by atoms with Gasteiger partial charge in [0, 0.05) is 4.88 Å². The molecule has 16 heavy (non-hydrogen) atoms. The Labute approximate surface area is 98.7 Å². The number of aromatic nitrogens is 2. The molecule has 0 radical (unpaired) electrons. The molecule has 0 aromatic carbocycles. The van der Waals surface area contributed by atoms with Crippen LogP contribution in [-0.4, -0.2) is 17.2 Å². The van der Waals surface area contributed by atoms with Crippen molar-refractivity contribution in [2.45, 2.75) is 26.3 Å². The largest absolute Gasteiger partial charge is 0.418 e. The van der Waals surface area contributed by atoms with Gasteiger partial charge in [0.1, 0.15) is 0 Å². The summed E-state index contributed by atoms with van der Waals surface area (Å²) in [5, 5.41) is 11.3. The fourth-order valence-electron chi connectivity index (χ4n) is 1.53. The lowest BCUT2D eigenvalue weighted by atomic mass is 10.2. The fourth-order valence-corrected chi connectivity index (χ4v) is 2.32. The molecule has 1 atom stereocenters. The number of aryl methyl sites for hydroxylation is 1. The summed E-state index contributed by atoms with van der Waals surface area (Å²) < 4.78 is 5.65. The molecule has 2 rings (SSSR count). The van der Waals surface area contributed by atoms with Gasteiger partial charge in [-0.1, -0.05) is 6.92 Å². The minimum absolute atomic E-state index is 0.141. The van der Waals surface area contributed by atoms with Crippen LogP contribution in [0.3, 0.4) is 0 Å². The first-order valence-electron chi connectivity index (χ1n) is 5.32. The van der Waals surface area contributed by atoms with Crippen molar-refractivity contribution < 1.29 is 4.42 Å². The zero-order chi connectivity index (χ0) is 11.5. The van der Waals surface area contributed by atoms with Crippen LogP contribution in [0.2, 0.25) is 0 Å². The van der Waals surface area contributed by atoms with Crippen molar-refractivity contribution in [2.75, 3.05) is 7.05 Å². The molecule has 2 aromatic heterocycles. The minimum Gasteiger partial charge on any atom is -0.418 e. The van der Waals surface area contributed by atoms with E-state index in [9.17, 15) is 0 Å². The van der Waals surface area contributed by atoms with Crippen LogP contribution >= 0.6 is 11.3 Å². The highest BCUT2D eigenvalue weighted by Crippen LogP contribution is 2.27. The van der Waals surface area contributed by atoms with Gasteiger partial charge in [-0.05, 0) is 32.5 Å². The molecule has 0 amide bonds. The molecule has 1 unspecified atom stereocenters. The lowest BCUT2D eigenvalue weighted by Crippen LogP contribution is -2.15. The zero-order valence-electron chi connectivity index (χ0n) is 9.65. The summed E-state index contributed by atoms with van der Waals surface area (Å²) in [6, 6.07) is 4.21. The predicted octanol–water partition coefficient (Wildman–Crippen LogP) is 2.78. The van der Waals surface area contributed by atoms with E-state index in [0.29, 0.717) is 11.8 Å². The first kappa shape index (κ1) is 11.3. The molecule has 0 fully saturated rings. The van der Waals surface area contributed by atoms with Gasteiger partial charge >= 0.3 is 0 Å². The van der Waals surface area contributed by atoms with Gasteiger partial charge in [-0.15, -0.1) is 21.5 Å². The highest BCUT2D eigenvalue weighted by atomic mass is 32.1. The Balaban J connectivity index is 2.25. The molecule has 1 N–H and O–H groups in total. The fraction of sp³-hybridized carbons (Fsp3) is 0.455. The molecular formula is C11H15N3OS. The average molecular weight is 237 g/mol. The standard InChI is InChI=1S/C11H15N3OS/c1-4-8(12-3)10-13-14-11(15-10)9-6-5-7(2)16-9/h5-6,8,12H,4H2,1-3H3. The molecule has 2 heterocycles. The van der Waals surface area contributed by atoms with E-state index in [2.05, 4.69) is 35.4 Å². The van der Waals surface area contributed by atoms with Crippen molar-refractivity contribution in [2.24, 2.45) is 0 Å². The van der Waals surface area contributed by atoms with Crippen molar-refractivity contribution in [3.8, 4) is 10.8 Å². The maximum atomic E-state index is 5.65.